The van der Waals surface area contributed by atoms with E-state index in [2.05, 4.69) is 9.97 Å². The number of nitrogens with zero attached hydrogens (tertiary/aromatic N) is 2. The third-order valence-corrected chi connectivity index (χ3v) is 6.41. The second-order valence-corrected chi connectivity index (χ2v) is 8.33. The second kappa shape index (κ2) is 8.21. The van der Waals surface area contributed by atoms with Crippen LogP contribution in [-0.4, -0.2) is 26.2 Å². The number of hydrogen-bond donors (Lipinski definition) is 2. The normalized spacial score (nSPS) is 10.9. The van der Waals surface area contributed by atoms with Crippen LogP contribution in [-0.2, 0) is 6.61 Å². The Kier molecular flexibility index (Phi) is 5.47. The molecule has 4 aromatic rings. The van der Waals surface area contributed by atoms with E-state index >= 15 is 0 Å². The molecule has 9 heteroatoms. The molecule has 30 heavy (non-hydrogen) atoms. The first-order valence-corrected chi connectivity index (χ1v) is 10.5. The highest BCUT2D eigenvalue weighted by molar-refractivity contribution is 7.17. The minimum Gasteiger partial charge on any atom is -0.507 e. The van der Waals surface area contributed by atoms with Crippen molar-refractivity contribution >= 4 is 28.6 Å². The zero-order chi connectivity index (χ0) is 21.3. The minimum absolute atomic E-state index is 0.148. The molecule has 0 saturated carbocycles. The molecule has 0 radical (unpaired) electrons. The zero-order valence-electron chi connectivity index (χ0n) is 15.6. The number of pyridine rings is 1. The Bertz CT molecular complexity index is 1220. The predicted molar refractivity (Wildman–Crippen MR) is 113 cm³/mol. The third kappa shape index (κ3) is 4.03. The topological polar surface area (TPSA) is 92.5 Å². The quantitative estimate of drug-likeness (QED) is 0.417. The van der Waals surface area contributed by atoms with Crippen LogP contribution in [0.4, 0.5) is 4.39 Å². The Labute approximate surface area is 178 Å². The minimum atomic E-state index is -1.38. The van der Waals surface area contributed by atoms with Crippen molar-refractivity contribution in [2.75, 3.05) is 0 Å². The van der Waals surface area contributed by atoms with E-state index in [0.717, 1.165) is 33.3 Å². The largest absolute Gasteiger partial charge is 0.507 e. The summed E-state index contributed by atoms with van der Waals surface area (Å²) in [4.78, 5) is 21.2. The Morgan fingerprint density at radius 2 is 2.10 bits per heavy atom. The molecule has 2 N–H and O–H groups in total. The zero-order valence-corrected chi connectivity index (χ0v) is 17.3. The van der Waals surface area contributed by atoms with Crippen LogP contribution in [0.2, 0.25) is 0 Å². The van der Waals surface area contributed by atoms with Gasteiger partial charge in [0, 0.05) is 33.6 Å². The number of aromatic hydroxyl groups is 1. The summed E-state index contributed by atoms with van der Waals surface area (Å²) in [5.74, 6) is -2.05. The van der Waals surface area contributed by atoms with Crippen molar-refractivity contribution in [1.29, 1.82) is 0 Å². The summed E-state index contributed by atoms with van der Waals surface area (Å²) >= 11 is 2.78. The van der Waals surface area contributed by atoms with E-state index in [9.17, 15) is 14.3 Å². The Hall–Kier alpha value is -3.30. The average Bonchev–Trinajstić information content (AvgIpc) is 3.35. The molecular formula is C21H15FN2O4S2. The van der Waals surface area contributed by atoms with Gasteiger partial charge in [-0.05, 0) is 31.2 Å². The predicted octanol–water partition coefficient (Wildman–Crippen LogP) is 5.36. The van der Waals surface area contributed by atoms with Gasteiger partial charge in [0.05, 0.1) is 10.6 Å². The molecule has 0 fully saturated rings. The van der Waals surface area contributed by atoms with Gasteiger partial charge in [-0.25, -0.2) is 19.2 Å². The van der Waals surface area contributed by atoms with Crippen LogP contribution in [0, 0.1) is 12.7 Å². The van der Waals surface area contributed by atoms with Gasteiger partial charge in [-0.15, -0.1) is 22.7 Å². The lowest BCUT2D eigenvalue weighted by Gasteiger charge is -2.04. The molecule has 152 valence electrons. The summed E-state index contributed by atoms with van der Waals surface area (Å²) in [6.07, 6.45) is 1.65. The molecule has 0 aliphatic heterocycles. The molecule has 1 aromatic carbocycles. The van der Waals surface area contributed by atoms with Gasteiger partial charge >= 0.3 is 5.97 Å². The summed E-state index contributed by atoms with van der Waals surface area (Å²) in [7, 11) is 0. The van der Waals surface area contributed by atoms with Crippen molar-refractivity contribution in [2.24, 2.45) is 0 Å². The number of aromatic carboxylic acids is 1. The fourth-order valence-corrected chi connectivity index (χ4v) is 4.83. The number of carboxylic acid groups (broad SMARTS) is 1. The van der Waals surface area contributed by atoms with Crippen LogP contribution in [0.3, 0.4) is 0 Å². The van der Waals surface area contributed by atoms with Gasteiger partial charge < -0.3 is 14.9 Å². The Morgan fingerprint density at radius 1 is 1.27 bits per heavy atom. The lowest BCUT2D eigenvalue weighted by Crippen LogP contribution is -1.98. The summed E-state index contributed by atoms with van der Waals surface area (Å²) in [5, 5.41) is 21.6. The Balaban J connectivity index is 1.58. The van der Waals surface area contributed by atoms with E-state index in [1.807, 2.05) is 24.4 Å². The highest BCUT2D eigenvalue weighted by atomic mass is 32.1. The van der Waals surface area contributed by atoms with Crippen LogP contribution < -0.4 is 4.74 Å². The van der Waals surface area contributed by atoms with Gasteiger partial charge in [0.15, 0.2) is 0 Å². The molecule has 0 spiro atoms. The van der Waals surface area contributed by atoms with E-state index in [4.69, 9.17) is 9.84 Å². The number of ether oxygens (including phenoxy) is 1. The van der Waals surface area contributed by atoms with E-state index in [-0.39, 0.29) is 5.56 Å². The van der Waals surface area contributed by atoms with Crippen molar-refractivity contribution in [3.63, 3.8) is 0 Å². The fourth-order valence-electron chi connectivity index (χ4n) is 2.87. The summed E-state index contributed by atoms with van der Waals surface area (Å²) < 4.78 is 20.1. The van der Waals surface area contributed by atoms with Crippen LogP contribution in [0.5, 0.6) is 11.6 Å². The molecule has 3 heterocycles. The van der Waals surface area contributed by atoms with E-state index in [1.165, 1.54) is 22.7 Å². The Morgan fingerprint density at radius 3 is 2.83 bits per heavy atom. The number of aryl methyl sites for hydroxylation is 1. The van der Waals surface area contributed by atoms with E-state index in [1.54, 1.807) is 18.3 Å². The second-order valence-electron chi connectivity index (χ2n) is 6.33. The molecule has 0 aliphatic rings. The van der Waals surface area contributed by atoms with Gasteiger partial charge in [0.1, 0.15) is 28.7 Å². The smallest absolute Gasteiger partial charge is 0.339 e. The van der Waals surface area contributed by atoms with Gasteiger partial charge in [-0.1, -0.05) is 6.07 Å². The molecule has 0 aliphatic carbocycles. The van der Waals surface area contributed by atoms with E-state index < -0.39 is 23.1 Å². The van der Waals surface area contributed by atoms with Crippen LogP contribution >= 0.6 is 22.7 Å². The fraction of sp³-hybridized carbons (Fsp3) is 0.0952. The number of thiazole rings is 1. The molecule has 6 nitrogen and oxygen atoms in total. The lowest BCUT2D eigenvalue weighted by molar-refractivity contribution is 0.0693. The molecule has 0 unspecified atom stereocenters. The van der Waals surface area contributed by atoms with Crippen LogP contribution in [0.15, 0.2) is 48.0 Å². The average molecular weight is 442 g/mol. The molecule has 0 amide bonds. The van der Waals surface area contributed by atoms with Crippen molar-refractivity contribution in [1.82, 2.24) is 9.97 Å². The number of hydrogen-bond acceptors (Lipinski definition) is 7. The number of rotatable bonds is 6. The number of phenols is 1. The van der Waals surface area contributed by atoms with Crippen LogP contribution in [0.25, 0.3) is 20.9 Å². The number of aromatic nitrogens is 2. The number of halogens is 1. The van der Waals surface area contributed by atoms with Crippen LogP contribution in [0.1, 0.15) is 21.1 Å². The third-order valence-electron chi connectivity index (χ3n) is 4.27. The summed E-state index contributed by atoms with van der Waals surface area (Å²) in [6, 6.07) is 9.19. The van der Waals surface area contributed by atoms with Crippen molar-refractivity contribution in [2.45, 2.75) is 13.5 Å². The highest BCUT2D eigenvalue weighted by Gasteiger charge is 2.18. The molecule has 0 bridgehead atoms. The highest BCUT2D eigenvalue weighted by Crippen LogP contribution is 2.39. The number of carbonyl (C=O) groups is 1. The SMILES string of the molecule is Cc1nc(COc2ccccn2)sc1-c1csc(-c2cc(O)c(C(=O)O)cc2F)c1. The maximum atomic E-state index is 14.4. The maximum Gasteiger partial charge on any atom is 0.339 e. The molecular weight excluding hydrogens is 427 g/mol. The van der Waals surface area contributed by atoms with E-state index in [0.29, 0.717) is 17.4 Å². The first-order valence-electron chi connectivity index (χ1n) is 8.77. The summed E-state index contributed by atoms with van der Waals surface area (Å²) in [5.41, 5.74) is 1.38. The van der Waals surface area contributed by atoms with Gasteiger partial charge in [0.25, 0.3) is 0 Å². The first kappa shape index (κ1) is 20.0. The molecule has 0 saturated heterocycles. The molecule has 0 atom stereocenters. The maximum absolute atomic E-state index is 14.4. The summed E-state index contributed by atoms with van der Waals surface area (Å²) in [6.45, 7) is 2.18. The first-order chi connectivity index (χ1) is 14.4. The van der Waals surface area contributed by atoms with Crippen molar-refractivity contribution in [3.8, 4) is 32.5 Å². The molecule has 3 aromatic heterocycles. The monoisotopic (exact) mass is 442 g/mol. The van der Waals surface area contributed by atoms with Gasteiger partial charge in [-0.3, -0.25) is 0 Å². The standard InChI is InChI=1S/C21H15FN2O4S2/c1-11-20(30-19(24-11)9-28-18-4-2-3-5-23-18)12-6-17(29-10-12)13-8-16(25)14(21(26)27)7-15(13)22/h2-8,10,25H,9H2,1H3,(H,26,27). The van der Waals surface area contributed by atoms with Gasteiger partial charge in [-0.2, -0.15) is 0 Å². The number of carboxylic acids is 1. The van der Waals surface area contributed by atoms with Crippen molar-refractivity contribution < 1.29 is 24.1 Å². The molecule has 4 rings (SSSR count). The number of thiophene rings is 1. The number of benzene rings is 1. The van der Waals surface area contributed by atoms with Crippen molar-refractivity contribution in [3.05, 3.63) is 70.1 Å². The van der Waals surface area contributed by atoms with Gasteiger partial charge in [0.2, 0.25) is 5.88 Å². The lowest BCUT2D eigenvalue weighted by atomic mass is 10.1.